The van der Waals surface area contributed by atoms with Gasteiger partial charge in [-0.1, -0.05) is 6.92 Å². The van der Waals surface area contributed by atoms with Gasteiger partial charge in [0.25, 0.3) is 0 Å². The van der Waals surface area contributed by atoms with Crippen LogP contribution in [-0.2, 0) is 0 Å². The quantitative estimate of drug-likeness (QED) is 0.319. The molecule has 104 valence electrons. The molecule has 0 aromatic rings. The zero-order chi connectivity index (χ0) is 13.1. The molecular weight excluding hydrogens is 216 g/mol. The van der Waals surface area contributed by atoms with Crippen LogP contribution in [0, 0.1) is 0 Å². The summed E-state index contributed by atoms with van der Waals surface area (Å²) < 4.78 is 0. The topological polar surface area (TPSA) is 111 Å². The molecular formula is C11H30N6. The maximum absolute atomic E-state index is 5.65. The lowest BCUT2D eigenvalue weighted by Crippen LogP contribution is -2.53. The van der Waals surface area contributed by atoms with E-state index in [1.807, 2.05) is 0 Å². The van der Waals surface area contributed by atoms with Gasteiger partial charge in [0.1, 0.15) is 0 Å². The van der Waals surface area contributed by atoms with Crippen molar-refractivity contribution in [3.05, 3.63) is 0 Å². The number of nitrogens with zero attached hydrogens (tertiary/aromatic N) is 2. The fourth-order valence-corrected chi connectivity index (χ4v) is 2.23. The van der Waals surface area contributed by atoms with Crippen molar-refractivity contribution in [2.24, 2.45) is 22.9 Å². The summed E-state index contributed by atoms with van der Waals surface area (Å²) in [7, 11) is 0. The summed E-state index contributed by atoms with van der Waals surface area (Å²) in [6.07, 6.45) is 1.37. The van der Waals surface area contributed by atoms with Gasteiger partial charge in [-0.05, 0) is 6.42 Å². The lowest BCUT2D eigenvalue weighted by atomic mass is 10.2. The zero-order valence-corrected chi connectivity index (χ0v) is 11.1. The molecule has 0 aliphatic carbocycles. The molecule has 0 amide bonds. The van der Waals surface area contributed by atoms with Crippen LogP contribution < -0.4 is 22.9 Å². The molecule has 0 saturated carbocycles. The van der Waals surface area contributed by atoms with Gasteiger partial charge in [-0.25, -0.2) is 0 Å². The molecule has 0 spiro atoms. The van der Waals surface area contributed by atoms with Crippen molar-refractivity contribution in [3.63, 3.8) is 0 Å². The second-order valence-electron chi connectivity index (χ2n) is 4.12. The van der Waals surface area contributed by atoms with E-state index >= 15 is 0 Å². The lowest BCUT2D eigenvalue weighted by Gasteiger charge is -2.39. The molecule has 0 aliphatic heterocycles. The number of nitrogens with two attached hydrogens (primary N) is 4. The normalized spacial score (nSPS) is 12.0. The molecule has 6 heteroatoms. The van der Waals surface area contributed by atoms with Crippen molar-refractivity contribution in [1.29, 1.82) is 0 Å². The van der Waals surface area contributed by atoms with E-state index in [-0.39, 0.29) is 0 Å². The largest absolute Gasteiger partial charge is 0.329 e. The lowest BCUT2D eigenvalue weighted by molar-refractivity contribution is 0.0468. The minimum Gasteiger partial charge on any atom is -0.329 e. The summed E-state index contributed by atoms with van der Waals surface area (Å²) in [5, 5.41) is 0. The molecule has 0 aliphatic rings. The molecule has 0 heterocycles. The van der Waals surface area contributed by atoms with E-state index in [0.29, 0.717) is 32.3 Å². The molecule has 0 aromatic heterocycles. The smallest absolute Gasteiger partial charge is 0.0621 e. The molecule has 0 rings (SSSR count). The first-order valence-electron chi connectivity index (χ1n) is 6.53. The minimum atomic E-state index is 0.342. The second kappa shape index (κ2) is 10.9. The van der Waals surface area contributed by atoms with Crippen LogP contribution in [-0.4, -0.2) is 68.3 Å². The predicted octanol–water partition coefficient (Wildman–Crippen LogP) is -1.84. The van der Waals surface area contributed by atoms with Crippen molar-refractivity contribution in [1.82, 2.24) is 9.80 Å². The summed E-state index contributed by atoms with van der Waals surface area (Å²) in [4.78, 5) is 4.65. The van der Waals surface area contributed by atoms with E-state index in [1.54, 1.807) is 0 Å². The maximum atomic E-state index is 5.65. The van der Waals surface area contributed by atoms with E-state index in [0.717, 1.165) is 32.6 Å². The third kappa shape index (κ3) is 6.30. The Hall–Kier alpha value is -0.240. The average molecular weight is 246 g/mol. The Labute approximate surface area is 105 Å². The number of rotatable bonds is 11. The maximum Gasteiger partial charge on any atom is 0.0621 e. The van der Waals surface area contributed by atoms with Gasteiger partial charge in [0.15, 0.2) is 0 Å². The van der Waals surface area contributed by atoms with Gasteiger partial charge >= 0.3 is 0 Å². The minimum absolute atomic E-state index is 0.342. The second-order valence-corrected chi connectivity index (χ2v) is 4.12. The molecule has 0 atom stereocenters. The highest BCUT2D eigenvalue weighted by Gasteiger charge is 2.21. The van der Waals surface area contributed by atoms with Gasteiger partial charge < -0.3 is 22.9 Å². The molecule has 17 heavy (non-hydrogen) atoms. The first-order chi connectivity index (χ1) is 8.24. The van der Waals surface area contributed by atoms with Crippen molar-refractivity contribution >= 4 is 0 Å². The van der Waals surface area contributed by atoms with Crippen LogP contribution in [0.2, 0.25) is 0 Å². The monoisotopic (exact) mass is 246 g/mol. The van der Waals surface area contributed by atoms with E-state index in [4.69, 9.17) is 22.9 Å². The van der Waals surface area contributed by atoms with Crippen LogP contribution in [0.15, 0.2) is 0 Å². The van der Waals surface area contributed by atoms with Gasteiger partial charge in [0, 0.05) is 52.4 Å². The van der Waals surface area contributed by atoms with E-state index in [9.17, 15) is 0 Å². The number of hydrogen-bond acceptors (Lipinski definition) is 6. The first kappa shape index (κ1) is 16.8. The number of hydrogen-bond donors (Lipinski definition) is 4. The summed E-state index contributed by atoms with van der Waals surface area (Å²) in [5.74, 6) is 0. The Morgan fingerprint density at radius 1 is 0.706 bits per heavy atom. The van der Waals surface area contributed by atoms with Crippen molar-refractivity contribution in [2.75, 3.05) is 52.4 Å². The molecule has 0 aromatic carbocycles. The molecule has 0 unspecified atom stereocenters. The van der Waals surface area contributed by atoms with Gasteiger partial charge in [-0.2, -0.15) is 0 Å². The SMILES string of the molecule is CCC(N(CCN)CCN)N(CCN)CCN. The molecule has 8 N–H and O–H groups in total. The fraction of sp³-hybridized carbons (Fsp3) is 1.00. The Bertz CT molecular complexity index is 138. The van der Waals surface area contributed by atoms with Crippen LogP contribution >= 0.6 is 0 Å². The Balaban J connectivity index is 4.55. The van der Waals surface area contributed by atoms with Crippen LogP contribution in [0.3, 0.4) is 0 Å². The van der Waals surface area contributed by atoms with Crippen LogP contribution in [0.1, 0.15) is 13.3 Å². The third-order valence-corrected chi connectivity index (χ3v) is 2.87. The first-order valence-corrected chi connectivity index (χ1v) is 6.53. The van der Waals surface area contributed by atoms with Gasteiger partial charge in [0.2, 0.25) is 0 Å². The molecule has 0 bridgehead atoms. The Kier molecular flexibility index (Phi) is 10.7. The standard InChI is InChI=1S/C11H30N6/c1-2-11(16(7-3-12)8-4-13)17(9-5-14)10-6-15/h11H,2-10,12-15H2,1H3. The van der Waals surface area contributed by atoms with Gasteiger partial charge in [-0.15, -0.1) is 0 Å². The predicted molar refractivity (Wildman–Crippen MR) is 73.4 cm³/mol. The molecule has 0 fully saturated rings. The van der Waals surface area contributed by atoms with Gasteiger partial charge in [0.05, 0.1) is 6.17 Å². The summed E-state index contributed by atoms with van der Waals surface area (Å²) in [6.45, 7) is 8.21. The van der Waals surface area contributed by atoms with Gasteiger partial charge in [-0.3, -0.25) is 9.80 Å². The van der Waals surface area contributed by atoms with E-state index in [2.05, 4.69) is 16.7 Å². The summed E-state index contributed by atoms with van der Waals surface area (Å²) in [5.41, 5.74) is 22.6. The summed E-state index contributed by atoms with van der Waals surface area (Å²) in [6, 6.07) is 0. The highest BCUT2D eigenvalue weighted by Crippen LogP contribution is 2.09. The highest BCUT2D eigenvalue weighted by molar-refractivity contribution is 4.74. The molecule has 0 saturated heterocycles. The fourth-order valence-electron chi connectivity index (χ4n) is 2.23. The Morgan fingerprint density at radius 3 is 1.18 bits per heavy atom. The van der Waals surface area contributed by atoms with Crippen LogP contribution in [0.4, 0.5) is 0 Å². The van der Waals surface area contributed by atoms with E-state index < -0.39 is 0 Å². The van der Waals surface area contributed by atoms with E-state index in [1.165, 1.54) is 0 Å². The summed E-state index contributed by atoms with van der Waals surface area (Å²) >= 11 is 0. The Morgan fingerprint density at radius 2 is 1.00 bits per heavy atom. The van der Waals surface area contributed by atoms with Crippen molar-refractivity contribution < 1.29 is 0 Å². The van der Waals surface area contributed by atoms with Crippen LogP contribution in [0.5, 0.6) is 0 Å². The highest BCUT2D eigenvalue weighted by atomic mass is 15.4. The average Bonchev–Trinajstić information content (AvgIpc) is 2.31. The third-order valence-electron chi connectivity index (χ3n) is 2.87. The molecule has 6 nitrogen and oxygen atoms in total. The van der Waals surface area contributed by atoms with Crippen molar-refractivity contribution in [2.45, 2.75) is 19.5 Å². The molecule has 0 radical (unpaired) electrons. The van der Waals surface area contributed by atoms with Crippen molar-refractivity contribution in [3.8, 4) is 0 Å². The zero-order valence-electron chi connectivity index (χ0n) is 11.1. The van der Waals surface area contributed by atoms with Crippen LogP contribution in [0.25, 0.3) is 0 Å².